The minimum atomic E-state index is -0.0660. The number of hydrogen-bond donors (Lipinski definition) is 0. The molecule has 1 aliphatic heterocycles. The summed E-state index contributed by atoms with van der Waals surface area (Å²) >= 11 is 16.8. The fourth-order valence-corrected chi connectivity index (χ4v) is 1.49. The number of ether oxygens (including phenoxy) is 1. The van der Waals surface area contributed by atoms with Gasteiger partial charge in [0.1, 0.15) is 4.49 Å². The summed E-state index contributed by atoms with van der Waals surface area (Å²) in [6.07, 6.45) is 4.72. The molecule has 2 unspecified atom stereocenters. The molecule has 74 valence electrons. The second-order valence-electron chi connectivity index (χ2n) is 3.09. The molecule has 1 rings (SSSR count). The second kappa shape index (κ2) is 5.45. The van der Waals surface area contributed by atoms with Crippen LogP contribution >= 0.6 is 34.8 Å². The summed E-state index contributed by atoms with van der Waals surface area (Å²) in [5, 5.41) is 0.440. The minimum Gasteiger partial charge on any atom is -0.377 e. The van der Waals surface area contributed by atoms with E-state index in [-0.39, 0.29) is 10.6 Å². The van der Waals surface area contributed by atoms with Gasteiger partial charge in [-0.05, 0) is 12.3 Å². The lowest BCUT2D eigenvalue weighted by atomic mass is 9.96. The Morgan fingerprint density at radius 2 is 2.15 bits per heavy atom. The van der Waals surface area contributed by atoms with Crippen LogP contribution in [0.1, 0.15) is 19.8 Å². The fraction of sp³-hybridized carbons (Fsp3) is 0.667. The maximum atomic E-state index is 5.79. The van der Waals surface area contributed by atoms with Crippen LogP contribution in [0.15, 0.2) is 9.52 Å². The Balaban J connectivity index is 2.40. The SMILES string of the molecule is CC1[C]C(CC(Cl)=C(Cl)Cl)OCC1. The highest BCUT2D eigenvalue weighted by atomic mass is 35.5. The zero-order valence-electron chi connectivity index (χ0n) is 7.32. The largest absolute Gasteiger partial charge is 0.377 e. The van der Waals surface area contributed by atoms with Gasteiger partial charge in [0.05, 0.1) is 11.1 Å². The van der Waals surface area contributed by atoms with E-state index in [1.165, 1.54) is 0 Å². The van der Waals surface area contributed by atoms with Crippen molar-refractivity contribution in [1.82, 2.24) is 0 Å². The molecule has 0 N–H and O–H groups in total. The molecule has 4 heteroatoms. The van der Waals surface area contributed by atoms with Crippen molar-refractivity contribution in [2.75, 3.05) is 6.61 Å². The molecule has 13 heavy (non-hydrogen) atoms. The van der Waals surface area contributed by atoms with E-state index in [2.05, 4.69) is 13.3 Å². The van der Waals surface area contributed by atoms with E-state index in [0.29, 0.717) is 17.4 Å². The molecule has 1 saturated heterocycles. The van der Waals surface area contributed by atoms with Crippen LogP contribution in [-0.4, -0.2) is 12.7 Å². The van der Waals surface area contributed by atoms with Gasteiger partial charge in [-0.3, -0.25) is 0 Å². The first kappa shape index (κ1) is 11.6. The molecule has 2 atom stereocenters. The van der Waals surface area contributed by atoms with Gasteiger partial charge in [-0.25, -0.2) is 0 Å². The normalized spacial score (nSPS) is 28.6. The Kier molecular flexibility index (Phi) is 4.88. The lowest BCUT2D eigenvalue weighted by Gasteiger charge is -2.26. The Labute approximate surface area is 94.0 Å². The van der Waals surface area contributed by atoms with Crippen molar-refractivity contribution in [2.24, 2.45) is 5.92 Å². The minimum absolute atomic E-state index is 0.0660. The summed E-state index contributed by atoms with van der Waals surface area (Å²) in [5.74, 6) is 0.456. The Bertz CT molecular complexity index is 199. The quantitative estimate of drug-likeness (QED) is 0.715. The van der Waals surface area contributed by atoms with Gasteiger partial charge < -0.3 is 4.74 Å². The highest BCUT2D eigenvalue weighted by Crippen LogP contribution is 2.28. The van der Waals surface area contributed by atoms with Crippen LogP contribution in [0.25, 0.3) is 0 Å². The van der Waals surface area contributed by atoms with Crippen molar-refractivity contribution in [3.63, 3.8) is 0 Å². The Morgan fingerprint density at radius 1 is 1.46 bits per heavy atom. The standard InChI is InChI=1S/C9H11Cl3O/c1-6-2-3-13-7(4-6)5-8(10)9(11)12/h6-7H,2-3,5H2,1H3. The maximum Gasteiger partial charge on any atom is 0.121 e. The summed E-state index contributed by atoms with van der Waals surface area (Å²) < 4.78 is 5.54. The molecule has 0 spiro atoms. The Hall–Kier alpha value is 0.570. The topological polar surface area (TPSA) is 9.23 Å². The van der Waals surface area contributed by atoms with Gasteiger partial charge in [-0.1, -0.05) is 41.7 Å². The van der Waals surface area contributed by atoms with Crippen molar-refractivity contribution in [3.05, 3.63) is 15.9 Å². The first-order valence-electron chi connectivity index (χ1n) is 4.17. The van der Waals surface area contributed by atoms with Crippen LogP contribution in [-0.2, 0) is 4.74 Å². The third-order valence-corrected chi connectivity index (χ3v) is 2.90. The third-order valence-electron chi connectivity index (χ3n) is 1.91. The van der Waals surface area contributed by atoms with Crippen LogP contribution in [0.4, 0.5) is 0 Å². The summed E-state index contributed by atoms with van der Waals surface area (Å²) in [6, 6.07) is 0. The number of halogens is 3. The molecule has 0 aliphatic carbocycles. The highest BCUT2D eigenvalue weighted by Gasteiger charge is 2.21. The fourth-order valence-electron chi connectivity index (χ4n) is 1.19. The zero-order valence-corrected chi connectivity index (χ0v) is 9.59. The monoisotopic (exact) mass is 240 g/mol. The molecule has 0 aromatic rings. The van der Waals surface area contributed by atoms with Crippen LogP contribution < -0.4 is 0 Å². The molecule has 0 amide bonds. The van der Waals surface area contributed by atoms with Gasteiger partial charge >= 0.3 is 0 Å². The molecule has 1 heterocycles. The average Bonchev–Trinajstić information content (AvgIpc) is 2.04. The number of hydrogen-bond acceptors (Lipinski definition) is 1. The smallest absolute Gasteiger partial charge is 0.121 e. The van der Waals surface area contributed by atoms with Crippen molar-refractivity contribution < 1.29 is 4.74 Å². The molecule has 0 bridgehead atoms. The molecule has 1 aliphatic rings. The van der Waals surface area contributed by atoms with E-state index < -0.39 is 0 Å². The molecule has 0 aromatic heterocycles. The van der Waals surface area contributed by atoms with Gasteiger partial charge in [0.25, 0.3) is 0 Å². The van der Waals surface area contributed by atoms with Crippen LogP contribution in [0.3, 0.4) is 0 Å². The molecule has 1 nitrogen and oxygen atoms in total. The summed E-state index contributed by atoms with van der Waals surface area (Å²) in [6.45, 7) is 2.86. The molecular weight excluding hydrogens is 230 g/mol. The highest BCUT2D eigenvalue weighted by molar-refractivity contribution is 6.59. The van der Waals surface area contributed by atoms with E-state index in [1.807, 2.05) is 0 Å². The van der Waals surface area contributed by atoms with E-state index in [1.54, 1.807) is 0 Å². The first-order chi connectivity index (χ1) is 6.09. The van der Waals surface area contributed by atoms with Gasteiger partial charge in [0.2, 0.25) is 0 Å². The van der Waals surface area contributed by atoms with E-state index >= 15 is 0 Å². The lowest BCUT2D eigenvalue weighted by Crippen LogP contribution is -2.25. The summed E-state index contributed by atoms with van der Waals surface area (Å²) in [5.41, 5.74) is 0. The average molecular weight is 242 g/mol. The van der Waals surface area contributed by atoms with Crippen LogP contribution in [0.2, 0.25) is 0 Å². The number of rotatable bonds is 2. The molecule has 2 radical (unpaired) electrons. The molecule has 0 saturated carbocycles. The molecular formula is C9H11Cl3O. The summed E-state index contributed by atoms with van der Waals surface area (Å²) in [7, 11) is 0. The van der Waals surface area contributed by atoms with E-state index in [9.17, 15) is 0 Å². The van der Waals surface area contributed by atoms with Crippen molar-refractivity contribution in [3.8, 4) is 0 Å². The predicted molar refractivity (Wildman–Crippen MR) is 56.0 cm³/mol. The van der Waals surface area contributed by atoms with Crippen molar-refractivity contribution in [1.29, 1.82) is 0 Å². The zero-order chi connectivity index (χ0) is 9.84. The predicted octanol–water partition coefficient (Wildman–Crippen LogP) is 3.77. The molecule has 1 fully saturated rings. The Morgan fingerprint density at radius 3 is 2.69 bits per heavy atom. The lowest BCUT2D eigenvalue weighted by molar-refractivity contribution is 0.0348. The van der Waals surface area contributed by atoms with Crippen molar-refractivity contribution >= 4 is 34.8 Å². The van der Waals surface area contributed by atoms with Crippen molar-refractivity contribution in [2.45, 2.75) is 25.9 Å². The van der Waals surface area contributed by atoms with Gasteiger partial charge in [-0.15, -0.1) is 0 Å². The van der Waals surface area contributed by atoms with Crippen LogP contribution in [0.5, 0.6) is 0 Å². The maximum absolute atomic E-state index is 5.79. The third kappa shape index (κ3) is 4.07. The van der Waals surface area contributed by atoms with Gasteiger partial charge in [-0.2, -0.15) is 0 Å². The molecule has 0 aromatic carbocycles. The van der Waals surface area contributed by atoms with E-state index in [4.69, 9.17) is 39.5 Å². The van der Waals surface area contributed by atoms with Gasteiger partial charge in [0.15, 0.2) is 0 Å². The van der Waals surface area contributed by atoms with E-state index in [0.717, 1.165) is 13.0 Å². The first-order valence-corrected chi connectivity index (χ1v) is 5.30. The van der Waals surface area contributed by atoms with Crippen LogP contribution in [0, 0.1) is 12.3 Å². The van der Waals surface area contributed by atoms with Gasteiger partial charge in [0, 0.05) is 19.4 Å². The second-order valence-corrected chi connectivity index (χ2v) is 4.49. The summed E-state index contributed by atoms with van der Waals surface area (Å²) in [4.78, 5) is 0.